The summed E-state index contributed by atoms with van der Waals surface area (Å²) < 4.78 is 15.5. The number of pyridine rings is 1. The second-order valence-corrected chi connectivity index (χ2v) is 7.65. The van der Waals surface area contributed by atoms with Crippen molar-refractivity contribution >= 4 is 17.6 Å². The summed E-state index contributed by atoms with van der Waals surface area (Å²) in [5, 5.41) is 0. The summed E-state index contributed by atoms with van der Waals surface area (Å²) in [5.41, 5.74) is 3.20. The van der Waals surface area contributed by atoms with Gasteiger partial charge in [-0.3, -0.25) is 4.98 Å². The van der Waals surface area contributed by atoms with Crippen LogP contribution in [0.25, 0.3) is 0 Å². The van der Waals surface area contributed by atoms with Crippen molar-refractivity contribution in [1.29, 1.82) is 0 Å². The highest BCUT2D eigenvalue weighted by atomic mass is 32.2. The highest BCUT2D eigenvalue weighted by Gasteiger charge is 2.25. The van der Waals surface area contributed by atoms with Gasteiger partial charge < -0.3 is 4.55 Å². The molecule has 0 amide bonds. The van der Waals surface area contributed by atoms with Crippen LogP contribution in [0.15, 0.2) is 16.7 Å². The second-order valence-electron chi connectivity index (χ2n) is 5.72. The van der Waals surface area contributed by atoms with Crippen LogP contribution in [0.2, 0.25) is 0 Å². The SMILES string of the molecule is Cc1cc(/C=N/[S+]([O-])C(C)(C)C)ncc1C(C)C. The van der Waals surface area contributed by atoms with E-state index in [2.05, 4.69) is 30.2 Å². The molecule has 18 heavy (non-hydrogen) atoms. The Hall–Kier alpha value is -0.870. The van der Waals surface area contributed by atoms with Crippen molar-refractivity contribution in [2.24, 2.45) is 4.40 Å². The summed E-state index contributed by atoms with van der Waals surface area (Å²) in [7, 11) is 0. The lowest BCUT2D eigenvalue weighted by Crippen LogP contribution is -2.25. The van der Waals surface area contributed by atoms with Gasteiger partial charge in [-0.15, -0.1) is 0 Å². The molecule has 0 spiro atoms. The minimum Gasteiger partial charge on any atom is -0.591 e. The molecule has 1 unspecified atom stereocenters. The minimum atomic E-state index is -1.23. The number of hydrogen-bond acceptors (Lipinski definition) is 3. The Bertz CT molecular complexity index is 436. The number of aryl methyl sites for hydroxylation is 1. The first kappa shape index (κ1) is 15.2. The van der Waals surface area contributed by atoms with E-state index in [0.29, 0.717) is 5.92 Å². The zero-order valence-electron chi connectivity index (χ0n) is 12.0. The molecule has 100 valence electrons. The number of nitrogens with zero attached hydrogens (tertiary/aromatic N) is 2. The van der Waals surface area contributed by atoms with Crippen molar-refractivity contribution in [3.05, 3.63) is 29.1 Å². The lowest BCUT2D eigenvalue weighted by Gasteiger charge is -2.17. The maximum Gasteiger partial charge on any atom is 0.144 e. The van der Waals surface area contributed by atoms with Crippen molar-refractivity contribution in [2.75, 3.05) is 0 Å². The molecule has 1 heterocycles. The Morgan fingerprint density at radius 2 is 2.00 bits per heavy atom. The maximum absolute atomic E-state index is 11.8. The number of aromatic nitrogens is 1. The molecule has 0 saturated carbocycles. The van der Waals surface area contributed by atoms with Gasteiger partial charge in [-0.2, -0.15) is 0 Å². The zero-order valence-corrected chi connectivity index (χ0v) is 12.8. The second kappa shape index (κ2) is 5.85. The highest BCUT2D eigenvalue weighted by molar-refractivity contribution is 7.91. The first-order valence-corrected chi connectivity index (χ1v) is 7.25. The average Bonchev–Trinajstić information content (AvgIpc) is 2.24. The average molecular weight is 266 g/mol. The first-order valence-electron chi connectivity index (χ1n) is 6.14. The van der Waals surface area contributed by atoms with Gasteiger partial charge in [0.15, 0.2) is 0 Å². The Kier molecular flexibility index (Phi) is 4.93. The molecule has 0 bridgehead atoms. The molecule has 1 aromatic heterocycles. The molecule has 0 N–H and O–H groups in total. The first-order chi connectivity index (χ1) is 8.21. The van der Waals surface area contributed by atoms with Gasteiger partial charge in [-0.05, 0) is 50.8 Å². The molecule has 0 radical (unpaired) electrons. The third-order valence-corrected chi connectivity index (χ3v) is 3.94. The largest absolute Gasteiger partial charge is 0.591 e. The molecular weight excluding hydrogens is 244 g/mol. The van der Waals surface area contributed by atoms with Gasteiger partial charge in [0.2, 0.25) is 0 Å². The van der Waals surface area contributed by atoms with E-state index in [4.69, 9.17) is 0 Å². The smallest absolute Gasteiger partial charge is 0.144 e. The normalized spacial score (nSPS) is 14.4. The van der Waals surface area contributed by atoms with E-state index in [0.717, 1.165) is 5.69 Å². The topological polar surface area (TPSA) is 48.3 Å². The fraction of sp³-hybridized carbons (Fsp3) is 0.571. The van der Waals surface area contributed by atoms with E-state index in [1.165, 1.54) is 11.1 Å². The number of rotatable bonds is 3. The van der Waals surface area contributed by atoms with Crippen molar-refractivity contribution in [3.8, 4) is 0 Å². The Morgan fingerprint density at radius 3 is 2.44 bits per heavy atom. The van der Waals surface area contributed by atoms with Crippen LogP contribution in [0.4, 0.5) is 0 Å². The van der Waals surface area contributed by atoms with E-state index >= 15 is 0 Å². The Balaban J connectivity index is 2.87. The lowest BCUT2D eigenvalue weighted by molar-refractivity contribution is 0.562. The van der Waals surface area contributed by atoms with E-state index < -0.39 is 11.4 Å². The predicted octanol–water partition coefficient (Wildman–Crippen LogP) is 3.39. The Labute approximate surface area is 113 Å². The van der Waals surface area contributed by atoms with E-state index in [1.807, 2.05) is 33.0 Å². The highest BCUT2D eigenvalue weighted by Crippen LogP contribution is 2.19. The van der Waals surface area contributed by atoms with Crippen LogP contribution < -0.4 is 0 Å². The molecule has 0 aliphatic heterocycles. The summed E-state index contributed by atoms with van der Waals surface area (Å²) in [6.45, 7) is 12.1. The van der Waals surface area contributed by atoms with Gasteiger partial charge in [0.25, 0.3) is 0 Å². The van der Waals surface area contributed by atoms with Crippen LogP contribution in [-0.2, 0) is 11.4 Å². The summed E-state index contributed by atoms with van der Waals surface area (Å²) in [5.74, 6) is 0.465. The van der Waals surface area contributed by atoms with Gasteiger partial charge in [-0.1, -0.05) is 18.2 Å². The van der Waals surface area contributed by atoms with Gasteiger partial charge >= 0.3 is 0 Å². The molecule has 0 aromatic carbocycles. The predicted molar refractivity (Wildman–Crippen MR) is 78.6 cm³/mol. The molecular formula is C14H22N2OS. The quantitative estimate of drug-likeness (QED) is 0.622. The van der Waals surface area contributed by atoms with E-state index in [9.17, 15) is 4.55 Å². The molecule has 0 saturated heterocycles. The zero-order chi connectivity index (χ0) is 13.9. The fourth-order valence-electron chi connectivity index (χ4n) is 1.52. The third kappa shape index (κ3) is 4.10. The minimum absolute atomic E-state index is 0.330. The Morgan fingerprint density at radius 1 is 1.39 bits per heavy atom. The molecule has 3 nitrogen and oxygen atoms in total. The number of hydrogen-bond donors (Lipinski definition) is 0. The van der Waals surface area contributed by atoms with Crippen LogP contribution in [0.3, 0.4) is 0 Å². The van der Waals surface area contributed by atoms with Crippen LogP contribution in [0, 0.1) is 6.92 Å². The molecule has 1 aromatic rings. The third-order valence-electron chi connectivity index (χ3n) is 2.60. The van der Waals surface area contributed by atoms with Gasteiger partial charge in [0.1, 0.15) is 22.3 Å². The van der Waals surface area contributed by atoms with Crippen molar-refractivity contribution < 1.29 is 4.55 Å². The van der Waals surface area contributed by atoms with Crippen molar-refractivity contribution in [3.63, 3.8) is 0 Å². The summed E-state index contributed by atoms with van der Waals surface area (Å²) in [4.78, 5) is 4.33. The van der Waals surface area contributed by atoms with Crippen LogP contribution in [0.5, 0.6) is 0 Å². The fourth-order valence-corrected chi connectivity index (χ4v) is 2.04. The molecule has 4 heteroatoms. The molecule has 0 fully saturated rings. The van der Waals surface area contributed by atoms with E-state index in [1.54, 1.807) is 6.21 Å². The van der Waals surface area contributed by atoms with Gasteiger partial charge in [-0.25, -0.2) is 0 Å². The van der Waals surface area contributed by atoms with Crippen molar-refractivity contribution in [1.82, 2.24) is 4.98 Å². The van der Waals surface area contributed by atoms with Crippen LogP contribution >= 0.6 is 0 Å². The molecule has 0 aliphatic carbocycles. The van der Waals surface area contributed by atoms with Crippen LogP contribution in [-0.4, -0.2) is 20.5 Å². The maximum atomic E-state index is 11.8. The monoisotopic (exact) mass is 266 g/mol. The molecule has 1 atom stereocenters. The standard InChI is InChI=1S/C14H22N2OS/c1-10(2)13-9-15-12(7-11(13)3)8-16-18(17)14(4,5)6/h7-10H,1-6H3/b16-8+. The van der Waals surface area contributed by atoms with Gasteiger partial charge in [0, 0.05) is 6.20 Å². The molecule has 0 aliphatic rings. The summed E-state index contributed by atoms with van der Waals surface area (Å²) in [6, 6.07) is 1.98. The summed E-state index contributed by atoms with van der Waals surface area (Å²) >= 11 is -1.23. The lowest BCUT2D eigenvalue weighted by atomic mass is 10.0. The van der Waals surface area contributed by atoms with Crippen LogP contribution in [0.1, 0.15) is 57.4 Å². The summed E-state index contributed by atoms with van der Waals surface area (Å²) in [6.07, 6.45) is 3.47. The van der Waals surface area contributed by atoms with E-state index in [-0.39, 0.29) is 4.75 Å². The molecule has 1 rings (SSSR count). The van der Waals surface area contributed by atoms with Crippen molar-refractivity contribution in [2.45, 2.75) is 52.2 Å². The van der Waals surface area contributed by atoms with Gasteiger partial charge in [0.05, 0.1) is 5.69 Å².